The fourth-order valence-corrected chi connectivity index (χ4v) is 3.88. The van der Waals surface area contributed by atoms with Gasteiger partial charge in [-0.2, -0.15) is 10.4 Å². The van der Waals surface area contributed by atoms with Crippen molar-refractivity contribution in [1.29, 1.82) is 5.26 Å². The highest BCUT2D eigenvalue weighted by atomic mass is 35.5. The minimum absolute atomic E-state index is 0.00670. The van der Waals surface area contributed by atoms with E-state index in [2.05, 4.69) is 9.84 Å². The van der Waals surface area contributed by atoms with E-state index < -0.39 is 21.7 Å². The number of ether oxygens (including phenoxy) is 2. The molecule has 0 spiro atoms. The second kappa shape index (κ2) is 8.57. The molecule has 2 aromatic carbocycles. The quantitative estimate of drug-likeness (QED) is 0.534. The number of rotatable bonds is 6. The van der Waals surface area contributed by atoms with E-state index in [1.165, 1.54) is 19.2 Å². The fourth-order valence-electron chi connectivity index (χ4n) is 2.68. The molecule has 0 fully saturated rings. The van der Waals surface area contributed by atoms with Crippen molar-refractivity contribution in [3.63, 3.8) is 0 Å². The van der Waals surface area contributed by atoms with Crippen LogP contribution in [0.1, 0.15) is 12.6 Å². The lowest BCUT2D eigenvalue weighted by atomic mass is 10.1. The molecule has 1 aromatic heterocycles. The third kappa shape index (κ3) is 4.45. The predicted molar refractivity (Wildman–Crippen MR) is 109 cm³/mol. The van der Waals surface area contributed by atoms with E-state index in [-0.39, 0.29) is 10.6 Å². The summed E-state index contributed by atoms with van der Waals surface area (Å²) in [7, 11) is -2.29. The smallest absolute Gasteiger partial charge is 0.303 e. The Morgan fingerprint density at radius 1 is 1.20 bits per heavy atom. The Balaban J connectivity index is 2.02. The molecule has 0 saturated heterocycles. The van der Waals surface area contributed by atoms with Crippen LogP contribution in [0.15, 0.2) is 53.4 Å². The minimum Gasteiger partial charge on any atom is -0.495 e. The standard InChI is InChI=1S/C20H16ClN3O5S/c1-13(25)29-12-30(26,27)17-6-3-14(4-7-17)19-9-15(11-22)23-24(19)16-5-8-18(21)20(10-16)28-2/h3-10H,12H2,1-2H3. The monoisotopic (exact) mass is 445 g/mol. The van der Waals surface area contributed by atoms with Gasteiger partial charge in [0.1, 0.15) is 11.8 Å². The van der Waals surface area contributed by atoms with Gasteiger partial charge in [0, 0.05) is 24.6 Å². The summed E-state index contributed by atoms with van der Waals surface area (Å²) in [5, 5.41) is 14.0. The Bertz CT molecular complexity index is 1240. The van der Waals surface area contributed by atoms with Crippen LogP contribution in [0, 0.1) is 11.3 Å². The molecule has 0 aliphatic carbocycles. The van der Waals surface area contributed by atoms with Gasteiger partial charge in [0.25, 0.3) is 0 Å². The van der Waals surface area contributed by atoms with E-state index in [1.54, 1.807) is 41.1 Å². The topological polar surface area (TPSA) is 111 Å². The Labute approximate surface area is 178 Å². The van der Waals surface area contributed by atoms with Crippen molar-refractivity contribution in [2.24, 2.45) is 0 Å². The van der Waals surface area contributed by atoms with Crippen LogP contribution in [0.5, 0.6) is 5.75 Å². The van der Waals surface area contributed by atoms with Gasteiger partial charge in [-0.15, -0.1) is 0 Å². The number of benzene rings is 2. The van der Waals surface area contributed by atoms with E-state index in [0.717, 1.165) is 6.92 Å². The van der Waals surface area contributed by atoms with Crippen LogP contribution >= 0.6 is 11.6 Å². The van der Waals surface area contributed by atoms with Crippen molar-refractivity contribution in [2.45, 2.75) is 11.8 Å². The van der Waals surface area contributed by atoms with Crippen LogP contribution in [-0.4, -0.2) is 37.2 Å². The summed E-state index contributed by atoms with van der Waals surface area (Å²) >= 11 is 6.08. The van der Waals surface area contributed by atoms with Gasteiger partial charge in [-0.3, -0.25) is 4.79 Å². The zero-order valence-corrected chi connectivity index (χ0v) is 17.6. The molecule has 1 heterocycles. The van der Waals surface area contributed by atoms with Crippen molar-refractivity contribution >= 4 is 27.4 Å². The van der Waals surface area contributed by atoms with Crippen LogP contribution in [-0.2, 0) is 19.4 Å². The van der Waals surface area contributed by atoms with Crippen LogP contribution in [0.4, 0.5) is 0 Å². The van der Waals surface area contributed by atoms with Crippen molar-refractivity contribution in [1.82, 2.24) is 9.78 Å². The summed E-state index contributed by atoms with van der Waals surface area (Å²) in [6, 6.07) is 14.6. The third-order valence-electron chi connectivity index (χ3n) is 4.13. The number of methoxy groups -OCH3 is 1. The zero-order chi connectivity index (χ0) is 21.9. The molecule has 30 heavy (non-hydrogen) atoms. The molecule has 0 aliphatic rings. The van der Waals surface area contributed by atoms with Crippen molar-refractivity contribution in [3.05, 3.63) is 59.2 Å². The first-order valence-corrected chi connectivity index (χ1v) is 10.6. The molecule has 3 rings (SSSR count). The summed E-state index contributed by atoms with van der Waals surface area (Å²) in [6.07, 6.45) is 0. The van der Waals surface area contributed by atoms with Gasteiger partial charge < -0.3 is 9.47 Å². The first-order valence-electron chi connectivity index (χ1n) is 8.56. The fraction of sp³-hybridized carbons (Fsp3) is 0.150. The maximum atomic E-state index is 12.3. The molecule has 154 valence electrons. The molecule has 0 amide bonds. The van der Waals surface area contributed by atoms with Crippen molar-refractivity contribution in [3.8, 4) is 28.8 Å². The molecule has 0 aliphatic heterocycles. The van der Waals surface area contributed by atoms with Gasteiger partial charge in [-0.05, 0) is 24.3 Å². The number of carbonyl (C=O) groups is 1. The molecular formula is C20H16ClN3O5S. The van der Waals surface area contributed by atoms with Gasteiger partial charge in [0.2, 0.25) is 9.84 Å². The summed E-state index contributed by atoms with van der Waals surface area (Å²) in [5.74, 6) is -0.967. The number of halogens is 1. The molecule has 0 unspecified atom stereocenters. The molecule has 0 saturated carbocycles. The molecule has 0 atom stereocenters. The lowest BCUT2D eigenvalue weighted by molar-refractivity contribution is -0.138. The molecule has 10 heteroatoms. The number of nitrogens with zero attached hydrogens (tertiary/aromatic N) is 3. The highest BCUT2D eigenvalue weighted by Gasteiger charge is 2.18. The average molecular weight is 446 g/mol. The third-order valence-corrected chi connectivity index (χ3v) is 5.86. The lowest BCUT2D eigenvalue weighted by Crippen LogP contribution is -2.12. The van der Waals surface area contributed by atoms with Crippen LogP contribution < -0.4 is 4.74 Å². The maximum absolute atomic E-state index is 12.3. The predicted octanol–water partition coefficient (Wildman–Crippen LogP) is 3.37. The zero-order valence-electron chi connectivity index (χ0n) is 16.0. The molecule has 0 radical (unpaired) electrons. The molecule has 3 aromatic rings. The SMILES string of the molecule is COc1cc(-n2nc(C#N)cc2-c2ccc(S(=O)(=O)COC(C)=O)cc2)ccc1Cl. The second-order valence-corrected chi connectivity index (χ2v) is 8.49. The maximum Gasteiger partial charge on any atom is 0.303 e. The van der Waals surface area contributed by atoms with E-state index in [9.17, 15) is 18.5 Å². The van der Waals surface area contributed by atoms with Crippen molar-refractivity contribution in [2.75, 3.05) is 13.0 Å². The molecule has 0 N–H and O–H groups in total. The summed E-state index contributed by atoms with van der Waals surface area (Å²) in [4.78, 5) is 10.9. The Hall–Kier alpha value is -3.35. The van der Waals surface area contributed by atoms with Crippen molar-refractivity contribution < 1.29 is 22.7 Å². The Morgan fingerprint density at radius 3 is 2.50 bits per heavy atom. The summed E-state index contributed by atoms with van der Waals surface area (Å²) in [5.41, 5.74) is 1.99. The summed E-state index contributed by atoms with van der Waals surface area (Å²) in [6.45, 7) is 1.14. The minimum atomic E-state index is -3.78. The second-order valence-electron chi connectivity index (χ2n) is 6.15. The first kappa shape index (κ1) is 21.4. The van der Waals surface area contributed by atoms with Gasteiger partial charge in [0.15, 0.2) is 11.6 Å². The van der Waals surface area contributed by atoms with Crippen LogP contribution in [0.3, 0.4) is 0 Å². The Kier molecular flexibility index (Phi) is 6.10. The van der Waals surface area contributed by atoms with E-state index in [0.29, 0.717) is 27.7 Å². The van der Waals surface area contributed by atoms with Gasteiger partial charge in [-0.1, -0.05) is 23.7 Å². The number of esters is 1. The number of nitriles is 1. The van der Waals surface area contributed by atoms with Crippen LogP contribution in [0.2, 0.25) is 5.02 Å². The summed E-state index contributed by atoms with van der Waals surface area (Å²) < 4.78 is 35.9. The molecule has 8 nitrogen and oxygen atoms in total. The Morgan fingerprint density at radius 2 is 1.90 bits per heavy atom. The van der Waals surface area contributed by atoms with Crippen LogP contribution in [0.25, 0.3) is 16.9 Å². The highest BCUT2D eigenvalue weighted by molar-refractivity contribution is 7.91. The average Bonchev–Trinajstić information content (AvgIpc) is 3.17. The lowest BCUT2D eigenvalue weighted by Gasteiger charge is -2.11. The molecule has 0 bridgehead atoms. The van der Waals surface area contributed by atoms with E-state index >= 15 is 0 Å². The number of hydrogen-bond acceptors (Lipinski definition) is 7. The highest BCUT2D eigenvalue weighted by Crippen LogP contribution is 2.30. The van der Waals surface area contributed by atoms with Gasteiger partial charge >= 0.3 is 5.97 Å². The number of carbonyl (C=O) groups excluding carboxylic acids is 1. The first-order chi connectivity index (χ1) is 14.2. The van der Waals surface area contributed by atoms with E-state index in [1.807, 2.05) is 6.07 Å². The van der Waals surface area contributed by atoms with Gasteiger partial charge in [0.05, 0.1) is 28.4 Å². The largest absolute Gasteiger partial charge is 0.495 e. The molecular weight excluding hydrogens is 430 g/mol. The van der Waals surface area contributed by atoms with E-state index in [4.69, 9.17) is 16.3 Å². The van der Waals surface area contributed by atoms with Gasteiger partial charge in [-0.25, -0.2) is 13.1 Å². The number of sulfone groups is 1. The number of aromatic nitrogens is 2. The normalized spacial score (nSPS) is 11.0. The number of hydrogen-bond donors (Lipinski definition) is 0.